The first-order valence-corrected chi connectivity index (χ1v) is 7.95. The van der Waals surface area contributed by atoms with Crippen molar-refractivity contribution in [3.8, 4) is 11.5 Å². The van der Waals surface area contributed by atoms with Gasteiger partial charge < -0.3 is 14.4 Å². The van der Waals surface area contributed by atoms with Gasteiger partial charge in [-0.2, -0.15) is 0 Å². The van der Waals surface area contributed by atoms with Crippen LogP contribution in [0.1, 0.15) is 24.2 Å². The molecule has 6 heteroatoms. The van der Waals surface area contributed by atoms with Gasteiger partial charge in [0.1, 0.15) is 11.5 Å². The van der Waals surface area contributed by atoms with Crippen LogP contribution in [-0.4, -0.2) is 30.1 Å². The van der Waals surface area contributed by atoms with E-state index >= 15 is 0 Å². The number of rotatable bonds is 5. The van der Waals surface area contributed by atoms with Crippen molar-refractivity contribution in [1.82, 2.24) is 4.90 Å². The third kappa shape index (κ3) is 4.73. The highest BCUT2D eigenvalue weighted by Gasteiger charge is 2.13. The van der Waals surface area contributed by atoms with Crippen LogP contribution in [0.4, 0.5) is 4.79 Å². The van der Waals surface area contributed by atoms with Gasteiger partial charge in [0.25, 0.3) is 0 Å². The third-order valence-corrected chi connectivity index (χ3v) is 3.56. The van der Waals surface area contributed by atoms with Gasteiger partial charge >= 0.3 is 12.1 Å². The van der Waals surface area contributed by atoms with Crippen molar-refractivity contribution in [2.24, 2.45) is 0 Å². The predicted molar refractivity (Wildman–Crippen MR) is 91.8 cm³/mol. The minimum Gasteiger partial charge on any atom is -0.423 e. The zero-order valence-corrected chi connectivity index (χ0v) is 14.2. The second kappa shape index (κ2) is 8.36. The maximum atomic E-state index is 12.0. The molecule has 0 saturated carbocycles. The molecule has 2 aromatic rings. The van der Waals surface area contributed by atoms with Crippen LogP contribution in [0.2, 0.25) is 5.02 Å². The molecule has 1 amide bonds. The highest BCUT2D eigenvalue weighted by molar-refractivity contribution is 6.30. The van der Waals surface area contributed by atoms with Gasteiger partial charge in [-0.05, 0) is 56.3 Å². The lowest BCUT2D eigenvalue weighted by Crippen LogP contribution is -2.33. The lowest BCUT2D eigenvalue weighted by atomic mass is 10.2. The molecule has 0 spiro atoms. The number of amides is 1. The molecule has 0 atom stereocenters. The van der Waals surface area contributed by atoms with Gasteiger partial charge in [-0.25, -0.2) is 9.59 Å². The second-order valence-electron chi connectivity index (χ2n) is 4.91. The topological polar surface area (TPSA) is 55.8 Å². The molecule has 0 aliphatic carbocycles. The molecule has 0 fully saturated rings. The second-order valence-corrected chi connectivity index (χ2v) is 5.35. The monoisotopic (exact) mass is 347 g/mol. The van der Waals surface area contributed by atoms with Gasteiger partial charge in [-0.15, -0.1) is 0 Å². The van der Waals surface area contributed by atoms with E-state index in [4.69, 9.17) is 21.1 Å². The van der Waals surface area contributed by atoms with Crippen LogP contribution < -0.4 is 9.47 Å². The Bertz CT molecular complexity index is 711. The fraction of sp³-hybridized carbons (Fsp3) is 0.222. The zero-order chi connectivity index (χ0) is 17.5. The normalized spacial score (nSPS) is 10.1. The number of hydrogen-bond acceptors (Lipinski definition) is 4. The Morgan fingerprint density at radius 1 is 0.958 bits per heavy atom. The molecule has 5 nitrogen and oxygen atoms in total. The average Bonchev–Trinajstić information content (AvgIpc) is 2.57. The average molecular weight is 348 g/mol. The standard InChI is InChI=1S/C18H18ClNO4/c1-3-20(4-2)18(22)24-16-10-8-15(9-11-16)23-17(21)13-6-5-7-14(19)12-13/h5-12H,3-4H2,1-2H3. The molecule has 0 radical (unpaired) electrons. The van der Waals surface area contributed by atoms with Gasteiger partial charge in [0, 0.05) is 18.1 Å². The van der Waals surface area contributed by atoms with Gasteiger partial charge in [0.05, 0.1) is 5.56 Å². The Morgan fingerprint density at radius 3 is 2.08 bits per heavy atom. The molecule has 126 valence electrons. The number of halogens is 1. The molecule has 0 unspecified atom stereocenters. The van der Waals surface area contributed by atoms with Crippen molar-refractivity contribution in [3.05, 3.63) is 59.1 Å². The van der Waals surface area contributed by atoms with Crippen LogP contribution in [0, 0.1) is 0 Å². The molecule has 0 saturated heterocycles. The fourth-order valence-corrected chi connectivity index (χ4v) is 2.19. The quantitative estimate of drug-likeness (QED) is 0.594. The molecule has 2 aromatic carbocycles. The van der Waals surface area contributed by atoms with Gasteiger partial charge in [0.15, 0.2) is 0 Å². The van der Waals surface area contributed by atoms with E-state index in [2.05, 4.69) is 0 Å². The Morgan fingerprint density at radius 2 is 1.54 bits per heavy atom. The minimum atomic E-state index is -0.509. The van der Waals surface area contributed by atoms with Crippen molar-refractivity contribution in [2.45, 2.75) is 13.8 Å². The summed E-state index contributed by atoms with van der Waals surface area (Å²) in [7, 11) is 0. The number of nitrogens with zero attached hydrogens (tertiary/aromatic N) is 1. The van der Waals surface area contributed by atoms with Crippen molar-refractivity contribution in [2.75, 3.05) is 13.1 Å². The minimum absolute atomic E-state index is 0.350. The number of esters is 1. The zero-order valence-electron chi connectivity index (χ0n) is 13.5. The van der Waals surface area contributed by atoms with E-state index in [0.29, 0.717) is 35.2 Å². The number of benzene rings is 2. The first-order valence-electron chi connectivity index (χ1n) is 7.58. The molecular formula is C18H18ClNO4. The van der Waals surface area contributed by atoms with Crippen LogP contribution in [0.25, 0.3) is 0 Å². The summed E-state index contributed by atoms with van der Waals surface area (Å²) in [5, 5.41) is 0.461. The Balaban J connectivity index is 1.99. The number of ether oxygens (including phenoxy) is 2. The molecule has 0 bridgehead atoms. The summed E-state index contributed by atoms with van der Waals surface area (Å²) in [6.07, 6.45) is -0.413. The van der Waals surface area contributed by atoms with Crippen LogP contribution in [-0.2, 0) is 0 Å². The smallest absolute Gasteiger partial charge is 0.415 e. The molecule has 0 heterocycles. The van der Waals surface area contributed by atoms with E-state index in [1.165, 1.54) is 6.07 Å². The molecule has 24 heavy (non-hydrogen) atoms. The van der Waals surface area contributed by atoms with Crippen LogP contribution in [0.5, 0.6) is 11.5 Å². The van der Waals surface area contributed by atoms with Gasteiger partial charge in [-0.3, -0.25) is 0 Å². The number of carbonyl (C=O) groups is 2. The van der Waals surface area contributed by atoms with Crippen molar-refractivity contribution < 1.29 is 19.1 Å². The van der Waals surface area contributed by atoms with E-state index in [1.54, 1.807) is 47.4 Å². The van der Waals surface area contributed by atoms with Gasteiger partial charge in [0.2, 0.25) is 0 Å². The van der Waals surface area contributed by atoms with Crippen molar-refractivity contribution in [1.29, 1.82) is 0 Å². The summed E-state index contributed by atoms with van der Waals surface area (Å²) in [6, 6.07) is 12.8. The molecule has 2 rings (SSSR count). The summed E-state index contributed by atoms with van der Waals surface area (Å²) >= 11 is 5.85. The van der Waals surface area contributed by atoms with Crippen LogP contribution in [0.15, 0.2) is 48.5 Å². The summed E-state index contributed by atoms with van der Waals surface area (Å²) in [6.45, 7) is 4.90. The van der Waals surface area contributed by atoms with Crippen molar-refractivity contribution in [3.63, 3.8) is 0 Å². The summed E-state index contributed by atoms with van der Waals surface area (Å²) in [5.41, 5.74) is 0.361. The molecule has 0 aromatic heterocycles. The third-order valence-electron chi connectivity index (χ3n) is 3.32. The fourth-order valence-electron chi connectivity index (χ4n) is 2.00. The Hall–Kier alpha value is -2.53. The van der Waals surface area contributed by atoms with E-state index < -0.39 is 12.1 Å². The highest BCUT2D eigenvalue weighted by atomic mass is 35.5. The highest BCUT2D eigenvalue weighted by Crippen LogP contribution is 2.20. The van der Waals surface area contributed by atoms with E-state index in [-0.39, 0.29) is 0 Å². The molecule has 0 N–H and O–H groups in total. The maximum absolute atomic E-state index is 12.0. The maximum Gasteiger partial charge on any atom is 0.415 e. The largest absolute Gasteiger partial charge is 0.423 e. The van der Waals surface area contributed by atoms with Crippen molar-refractivity contribution >= 4 is 23.7 Å². The summed E-state index contributed by atoms with van der Waals surface area (Å²) < 4.78 is 10.5. The summed E-state index contributed by atoms with van der Waals surface area (Å²) in [4.78, 5) is 25.4. The van der Waals surface area contributed by atoms with E-state index in [0.717, 1.165) is 0 Å². The molecule has 0 aliphatic rings. The molecule has 0 aliphatic heterocycles. The summed E-state index contributed by atoms with van der Waals surface area (Å²) in [5.74, 6) is 0.224. The van der Waals surface area contributed by atoms with E-state index in [1.807, 2.05) is 13.8 Å². The lowest BCUT2D eigenvalue weighted by Gasteiger charge is -2.17. The van der Waals surface area contributed by atoms with Crippen LogP contribution >= 0.6 is 11.6 Å². The molecular weight excluding hydrogens is 330 g/mol. The lowest BCUT2D eigenvalue weighted by molar-refractivity contribution is 0.0734. The van der Waals surface area contributed by atoms with Crippen LogP contribution in [0.3, 0.4) is 0 Å². The van der Waals surface area contributed by atoms with Gasteiger partial charge in [-0.1, -0.05) is 17.7 Å². The first kappa shape index (κ1) is 17.8. The van der Waals surface area contributed by atoms with E-state index in [9.17, 15) is 9.59 Å². The Kier molecular flexibility index (Phi) is 6.21. The number of carbonyl (C=O) groups excluding carboxylic acids is 2. The SMILES string of the molecule is CCN(CC)C(=O)Oc1ccc(OC(=O)c2cccc(Cl)c2)cc1. The first-order chi connectivity index (χ1) is 11.5. The predicted octanol–water partition coefficient (Wildman–Crippen LogP) is 4.40. The Labute approximate surface area is 145 Å². The number of hydrogen-bond donors (Lipinski definition) is 0.